The first-order chi connectivity index (χ1) is 10.4. The molecule has 0 aromatic heterocycles. The van der Waals surface area contributed by atoms with Crippen LogP contribution in [0.25, 0.3) is 0 Å². The zero-order valence-electron chi connectivity index (χ0n) is 14.4. The number of sulfonamides is 1. The SMILES string of the molecule is Cc1c(NC(=O)CCC(C)N)cccc1S(=O)(=O)NC(C)(C)C. The fourth-order valence-electron chi connectivity index (χ4n) is 2.07. The Kier molecular flexibility index (Phi) is 6.33. The molecule has 6 nitrogen and oxygen atoms in total. The van der Waals surface area contributed by atoms with E-state index in [0.717, 1.165) is 0 Å². The maximum absolute atomic E-state index is 12.5. The molecule has 4 N–H and O–H groups in total. The van der Waals surface area contributed by atoms with Crippen molar-refractivity contribution in [2.24, 2.45) is 5.73 Å². The van der Waals surface area contributed by atoms with Crippen LogP contribution < -0.4 is 15.8 Å². The summed E-state index contributed by atoms with van der Waals surface area (Å²) in [7, 11) is -3.65. The molecular weight excluding hydrogens is 314 g/mol. The Balaban J connectivity index is 3.01. The van der Waals surface area contributed by atoms with Crippen LogP contribution in [-0.4, -0.2) is 25.9 Å². The van der Waals surface area contributed by atoms with Gasteiger partial charge in [-0.25, -0.2) is 13.1 Å². The van der Waals surface area contributed by atoms with Crippen molar-refractivity contribution in [2.75, 3.05) is 5.32 Å². The summed E-state index contributed by atoms with van der Waals surface area (Å²) in [6.45, 7) is 8.85. The fraction of sp³-hybridized carbons (Fsp3) is 0.562. The Labute approximate surface area is 138 Å². The van der Waals surface area contributed by atoms with Crippen molar-refractivity contribution < 1.29 is 13.2 Å². The average Bonchev–Trinajstić information content (AvgIpc) is 2.35. The highest BCUT2D eigenvalue weighted by Gasteiger charge is 2.24. The van der Waals surface area contributed by atoms with Crippen LogP contribution in [0, 0.1) is 6.92 Å². The summed E-state index contributed by atoms with van der Waals surface area (Å²) >= 11 is 0. The molecule has 130 valence electrons. The van der Waals surface area contributed by atoms with Crippen LogP contribution in [0.3, 0.4) is 0 Å². The van der Waals surface area contributed by atoms with Gasteiger partial charge in [-0.1, -0.05) is 6.07 Å². The van der Waals surface area contributed by atoms with Crippen molar-refractivity contribution in [3.63, 3.8) is 0 Å². The number of rotatable bonds is 6. The van der Waals surface area contributed by atoms with E-state index in [2.05, 4.69) is 10.0 Å². The van der Waals surface area contributed by atoms with E-state index in [0.29, 0.717) is 24.1 Å². The van der Waals surface area contributed by atoms with Gasteiger partial charge < -0.3 is 11.1 Å². The van der Waals surface area contributed by atoms with Gasteiger partial charge in [0.25, 0.3) is 0 Å². The van der Waals surface area contributed by atoms with Gasteiger partial charge in [-0.2, -0.15) is 0 Å². The molecule has 0 spiro atoms. The number of anilines is 1. The van der Waals surface area contributed by atoms with E-state index in [4.69, 9.17) is 5.73 Å². The fourth-order valence-corrected chi connectivity index (χ4v) is 3.76. The van der Waals surface area contributed by atoms with Gasteiger partial charge in [-0.3, -0.25) is 4.79 Å². The lowest BCUT2D eigenvalue weighted by molar-refractivity contribution is -0.116. The standard InChI is InChI=1S/C16H27N3O3S/c1-11(17)9-10-15(20)18-13-7-6-8-14(12(13)2)23(21,22)19-16(3,4)5/h6-8,11,19H,9-10,17H2,1-5H3,(H,18,20). The molecular formula is C16H27N3O3S. The monoisotopic (exact) mass is 341 g/mol. The van der Waals surface area contributed by atoms with Crippen molar-refractivity contribution in [3.8, 4) is 0 Å². The summed E-state index contributed by atoms with van der Waals surface area (Å²) in [6.07, 6.45) is 0.878. The number of nitrogens with two attached hydrogens (primary N) is 1. The summed E-state index contributed by atoms with van der Waals surface area (Å²) in [6, 6.07) is 4.78. The van der Waals surface area contributed by atoms with Gasteiger partial charge >= 0.3 is 0 Å². The molecule has 1 amide bonds. The van der Waals surface area contributed by atoms with Gasteiger partial charge in [0.05, 0.1) is 4.90 Å². The third-order valence-corrected chi connectivity index (χ3v) is 5.02. The van der Waals surface area contributed by atoms with Gasteiger partial charge in [0.15, 0.2) is 0 Å². The van der Waals surface area contributed by atoms with Gasteiger partial charge in [-0.15, -0.1) is 0 Å². The van der Waals surface area contributed by atoms with Crippen molar-refractivity contribution >= 4 is 21.6 Å². The van der Waals surface area contributed by atoms with Crippen LogP contribution in [0.4, 0.5) is 5.69 Å². The molecule has 0 fully saturated rings. The average molecular weight is 341 g/mol. The van der Waals surface area contributed by atoms with Gasteiger partial charge in [0.2, 0.25) is 15.9 Å². The van der Waals surface area contributed by atoms with Crippen LogP contribution in [-0.2, 0) is 14.8 Å². The summed E-state index contributed by atoms with van der Waals surface area (Å²) in [5.74, 6) is -0.177. The molecule has 0 aliphatic rings. The minimum absolute atomic E-state index is 0.0513. The quantitative estimate of drug-likeness (QED) is 0.738. The molecule has 1 atom stereocenters. The smallest absolute Gasteiger partial charge is 0.241 e. The van der Waals surface area contributed by atoms with Crippen LogP contribution in [0.2, 0.25) is 0 Å². The maximum Gasteiger partial charge on any atom is 0.241 e. The van der Waals surface area contributed by atoms with E-state index in [1.807, 2.05) is 6.92 Å². The highest BCUT2D eigenvalue weighted by atomic mass is 32.2. The lowest BCUT2D eigenvalue weighted by atomic mass is 10.1. The van der Waals surface area contributed by atoms with Gasteiger partial charge in [0, 0.05) is 23.7 Å². The van der Waals surface area contributed by atoms with Crippen LogP contribution in [0.1, 0.15) is 46.1 Å². The molecule has 1 aromatic carbocycles. The third-order valence-electron chi connectivity index (χ3n) is 3.11. The van der Waals surface area contributed by atoms with E-state index >= 15 is 0 Å². The molecule has 0 radical (unpaired) electrons. The van der Waals surface area contributed by atoms with Crippen molar-refractivity contribution in [2.45, 2.75) is 63.9 Å². The molecule has 0 saturated heterocycles. The summed E-state index contributed by atoms with van der Waals surface area (Å²) < 4.78 is 27.6. The molecule has 1 rings (SSSR count). The maximum atomic E-state index is 12.5. The molecule has 0 saturated carbocycles. The Morgan fingerprint density at radius 1 is 1.30 bits per heavy atom. The topological polar surface area (TPSA) is 101 Å². The molecule has 0 heterocycles. The number of carbonyl (C=O) groups excluding carboxylic acids is 1. The lowest BCUT2D eigenvalue weighted by Crippen LogP contribution is -2.40. The molecule has 1 aromatic rings. The Morgan fingerprint density at radius 3 is 2.43 bits per heavy atom. The number of amides is 1. The second-order valence-electron chi connectivity index (χ2n) is 6.85. The number of hydrogen-bond donors (Lipinski definition) is 3. The third kappa shape index (κ3) is 6.29. The molecule has 0 aliphatic heterocycles. The summed E-state index contributed by atoms with van der Waals surface area (Å²) in [4.78, 5) is 12.1. The predicted molar refractivity (Wildman–Crippen MR) is 92.8 cm³/mol. The lowest BCUT2D eigenvalue weighted by Gasteiger charge is -2.22. The predicted octanol–water partition coefficient (Wildman–Crippen LogP) is 2.14. The van der Waals surface area contributed by atoms with Gasteiger partial charge in [0.1, 0.15) is 0 Å². The second kappa shape index (κ2) is 7.42. The van der Waals surface area contributed by atoms with Gasteiger partial charge in [-0.05, 0) is 58.7 Å². The van der Waals surface area contributed by atoms with Crippen molar-refractivity contribution in [1.82, 2.24) is 4.72 Å². The normalized spacial score (nSPS) is 13.7. The molecule has 23 heavy (non-hydrogen) atoms. The van der Waals surface area contributed by atoms with E-state index in [-0.39, 0.29) is 16.8 Å². The molecule has 0 aliphatic carbocycles. The number of benzene rings is 1. The first-order valence-corrected chi connectivity index (χ1v) is 9.10. The summed E-state index contributed by atoms with van der Waals surface area (Å²) in [5.41, 5.74) is 6.06. The number of carbonyl (C=O) groups is 1. The first-order valence-electron chi connectivity index (χ1n) is 7.61. The second-order valence-corrected chi connectivity index (χ2v) is 8.50. The molecule has 7 heteroatoms. The Bertz CT molecular complexity index is 662. The van der Waals surface area contributed by atoms with Crippen molar-refractivity contribution in [1.29, 1.82) is 0 Å². The summed E-state index contributed by atoms with van der Waals surface area (Å²) in [5, 5.41) is 2.75. The van der Waals surface area contributed by atoms with Crippen LogP contribution in [0.15, 0.2) is 23.1 Å². The van der Waals surface area contributed by atoms with E-state index in [1.54, 1.807) is 39.8 Å². The van der Waals surface area contributed by atoms with Crippen LogP contribution in [0.5, 0.6) is 0 Å². The molecule has 0 bridgehead atoms. The highest BCUT2D eigenvalue weighted by molar-refractivity contribution is 7.89. The molecule has 1 unspecified atom stereocenters. The van der Waals surface area contributed by atoms with E-state index in [1.165, 1.54) is 6.07 Å². The Morgan fingerprint density at radius 2 is 1.91 bits per heavy atom. The number of nitrogens with one attached hydrogen (secondary N) is 2. The largest absolute Gasteiger partial charge is 0.328 e. The van der Waals surface area contributed by atoms with Crippen LogP contribution >= 0.6 is 0 Å². The zero-order valence-corrected chi connectivity index (χ0v) is 15.3. The minimum atomic E-state index is -3.65. The van der Waals surface area contributed by atoms with E-state index < -0.39 is 15.6 Å². The first kappa shape index (κ1) is 19.6. The highest BCUT2D eigenvalue weighted by Crippen LogP contribution is 2.24. The zero-order chi connectivity index (χ0) is 17.8. The van der Waals surface area contributed by atoms with E-state index in [9.17, 15) is 13.2 Å². The minimum Gasteiger partial charge on any atom is -0.328 e. The van der Waals surface area contributed by atoms with Crippen molar-refractivity contribution in [3.05, 3.63) is 23.8 Å². The Hall–Kier alpha value is -1.44. The number of hydrogen-bond acceptors (Lipinski definition) is 4.